The fourth-order valence-corrected chi connectivity index (χ4v) is 6.59. The summed E-state index contributed by atoms with van der Waals surface area (Å²) in [6, 6.07) is 35.4. The van der Waals surface area contributed by atoms with Crippen LogP contribution in [0.4, 0.5) is 23.0 Å². The van der Waals surface area contributed by atoms with Gasteiger partial charge in [-0.3, -0.25) is 14.7 Å². The number of pyridine rings is 2. The number of carbonyl (C=O) groups excluding carboxylic acids is 2. The molecule has 0 atom stereocenters. The number of aromatic amines is 1. The number of anilines is 4. The van der Waals surface area contributed by atoms with Gasteiger partial charge in [0.25, 0.3) is 11.8 Å². The summed E-state index contributed by atoms with van der Waals surface area (Å²) < 4.78 is 22.7. The highest BCUT2D eigenvalue weighted by Gasteiger charge is 2.27. The first-order valence-corrected chi connectivity index (χ1v) is 18.5. The number of hydrogen-bond donors (Lipinski definition) is 6. The zero-order valence-electron chi connectivity index (χ0n) is 28.8. The summed E-state index contributed by atoms with van der Waals surface area (Å²) in [5.74, 6) is 0.651. The SMILES string of the molecule is NS(=O)(=O)c1ccc(N/C=C2\C(=O)Nc3ncc(-c4ccccc4)cc32)cc1.O=C1Nc2ncc(-c3ccccc3)cc2/C1=C/Nc1ccc2cn[nH]c2c1. The molecule has 0 unspecified atom stereocenters. The topological polar surface area (TPSA) is 197 Å². The number of primary sulfonamides is 1. The summed E-state index contributed by atoms with van der Waals surface area (Å²) in [7, 11) is -3.75. The fraction of sp³-hybridized carbons (Fsp3) is 0. The van der Waals surface area contributed by atoms with E-state index in [0.29, 0.717) is 34.0 Å². The van der Waals surface area contributed by atoms with Crippen molar-refractivity contribution in [3.63, 3.8) is 0 Å². The van der Waals surface area contributed by atoms with Crippen molar-refractivity contribution in [3.05, 3.63) is 157 Å². The van der Waals surface area contributed by atoms with E-state index in [2.05, 4.69) is 41.4 Å². The number of fused-ring (bicyclic) bond motifs is 3. The lowest BCUT2D eigenvalue weighted by molar-refractivity contribution is -0.111. The van der Waals surface area contributed by atoms with Gasteiger partial charge in [-0.2, -0.15) is 5.10 Å². The third kappa shape index (κ3) is 7.44. The molecule has 4 aromatic carbocycles. The monoisotopic (exact) mass is 745 g/mol. The highest BCUT2D eigenvalue weighted by Crippen LogP contribution is 2.35. The van der Waals surface area contributed by atoms with Crippen LogP contribution in [0.25, 0.3) is 44.3 Å². The number of hydrogen-bond acceptors (Lipinski definition) is 9. The maximum atomic E-state index is 12.4. The molecule has 3 aromatic heterocycles. The molecule has 0 bridgehead atoms. The molecular formula is C41H31N9O4S. The summed E-state index contributed by atoms with van der Waals surface area (Å²) in [5, 5.41) is 24.8. The lowest BCUT2D eigenvalue weighted by Gasteiger charge is -2.05. The number of nitrogens with zero attached hydrogens (tertiary/aromatic N) is 3. The van der Waals surface area contributed by atoms with Gasteiger partial charge in [0.05, 0.1) is 27.8 Å². The van der Waals surface area contributed by atoms with E-state index in [4.69, 9.17) is 5.14 Å². The number of benzene rings is 4. The van der Waals surface area contributed by atoms with E-state index < -0.39 is 10.0 Å². The lowest BCUT2D eigenvalue weighted by atomic mass is 10.0. The van der Waals surface area contributed by atoms with Gasteiger partial charge in [-0.15, -0.1) is 0 Å². The lowest BCUT2D eigenvalue weighted by Crippen LogP contribution is -2.11. The molecule has 14 heteroatoms. The van der Waals surface area contributed by atoms with Gasteiger partial charge in [-0.25, -0.2) is 23.5 Å². The van der Waals surface area contributed by atoms with Crippen molar-refractivity contribution in [1.82, 2.24) is 20.2 Å². The average molecular weight is 746 g/mol. The summed E-state index contributed by atoms with van der Waals surface area (Å²) in [4.78, 5) is 33.5. The molecule has 2 aliphatic heterocycles. The van der Waals surface area contributed by atoms with Crippen LogP contribution in [0.3, 0.4) is 0 Å². The molecule has 270 valence electrons. The zero-order chi connectivity index (χ0) is 37.9. The minimum atomic E-state index is -3.75. The van der Waals surface area contributed by atoms with Crippen LogP contribution in [0, 0.1) is 0 Å². The molecule has 5 heterocycles. The molecule has 0 fully saturated rings. The third-order valence-corrected chi connectivity index (χ3v) is 9.84. The van der Waals surface area contributed by atoms with Crippen LogP contribution in [-0.2, 0) is 19.6 Å². The second kappa shape index (κ2) is 14.5. The first-order chi connectivity index (χ1) is 26.7. The summed E-state index contributed by atoms with van der Waals surface area (Å²) in [6.07, 6.45) is 8.56. The van der Waals surface area contributed by atoms with Crippen molar-refractivity contribution in [3.8, 4) is 22.3 Å². The molecule has 7 N–H and O–H groups in total. The van der Waals surface area contributed by atoms with Crippen LogP contribution in [0.2, 0.25) is 0 Å². The standard InChI is InChI=1S/C21H15N5O.C20H16N4O3S/c27-21-18(12-22-16-7-6-14-11-24-26-19(14)9-16)17-8-15(10-23-20(17)25-21)13-4-2-1-3-5-13;21-28(26,27)16-8-6-15(7-9-16)22-12-18-17-10-14(13-4-2-1-3-5-13)11-23-19(17)24-20(18)25/h1-12,22H,(H,24,26)(H,23,25,27);1-12,22H,(H2,21,26,27)(H,23,24,25)/b2*18-12-. The molecule has 13 nitrogen and oxygen atoms in total. The van der Waals surface area contributed by atoms with Gasteiger partial charge in [0.15, 0.2) is 0 Å². The predicted molar refractivity (Wildman–Crippen MR) is 214 cm³/mol. The molecule has 0 saturated carbocycles. The van der Waals surface area contributed by atoms with Crippen molar-refractivity contribution < 1.29 is 18.0 Å². The number of H-pyrrole nitrogens is 1. The van der Waals surface area contributed by atoms with E-state index in [9.17, 15) is 18.0 Å². The maximum absolute atomic E-state index is 12.4. The number of aromatic nitrogens is 4. The Morgan fingerprint density at radius 1 is 0.582 bits per heavy atom. The van der Waals surface area contributed by atoms with Crippen molar-refractivity contribution in [2.45, 2.75) is 4.90 Å². The Balaban J connectivity index is 0.000000155. The number of carbonyl (C=O) groups is 2. The summed E-state index contributed by atoms with van der Waals surface area (Å²) in [6.45, 7) is 0. The molecule has 9 rings (SSSR count). The molecule has 0 radical (unpaired) electrons. The van der Waals surface area contributed by atoms with Crippen LogP contribution in [0.5, 0.6) is 0 Å². The summed E-state index contributed by atoms with van der Waals surface area (Å²) >= 11 is 0. The molecule has 0 aliphatic carbocycles. The molecule has 2 aliphatic rings. The van der Waals surface area contributed by atoms with Gasteiger partial charge in [-0.05, 0) is 65.7 Å². The van der Waals surface area contributed by atoms with Crippen LogP contribution < -0.4 is 26.4 Å². The van der Waals surface area contributed by atoms with Crippen molar-refractivity contribution in [2.24, 2.45) is 5.14 Å². The Labute approximate surface area is 315 Å². The maximum Gasteiger partial charge on any atom is 0.259 e. The third-order valence-electron chi connectivity index (χ3n) is 8.91. The number of amides is 2. The van der Waals surface area contributed by atoms with Crippen LogP contribution in [0.15, 0.2) is 151 Å². The summed E-state index contributed by atoms with van der Waals surface area (Å²) in [5.41, 5.74) is 8.83. The first-order valence-electron chi connectivity index (χ1n) is 16.9. The van der Waals surface area contributed by atoms with Crippen molar-refractivity contribution in [2.75, 3.05) is 21.3 Å². The normalized spacial score (nSPS) is 14.5. The van der Waals surface area contributed by atoms with Gasteiger partial charge < -0.3 is 21.3 Å². The highest BCUT2D eigenvalue weighted by atomic mass is 32.2. The van der Waals surface area contributed by atoms with E-state index in [1.807, 2.05) is 91.0 Å². The second-order valence-electron chi connectivity index (χ2n) is 12.5. The van der Waals surface area contributed by atoms with E-state index in [1.54, 1.807) is 43.1 Å². The Kier molecular flexibility index (Phi) is 9.16. The number of nitrogens with one attached hydrogen (secondary N) is 5. The van der Waals surface area contributed by atoms with Gasteiger partial charge in [0.2, 0.25) is 10.0 Å². The largest absolute Gasteiger partial charge is 0.361 e. The number of sulfonamides is 1. The van der Waals surface area contributed by atoms with Crippen molar-refractivity contribution >= 4 is 66.9 Å². The van der Waals surface area contributed by atoms with Gasteiger partial charge in [0, 0.05) is 63.8 Å². The van der Waals surface area contributed by atoms with E-state index in [0.717, 1.165) is 44.4 Å². The molecule has 0 saturated heterocycles. The quantitative estimate of drug-likeness (QED) is 0.0948. The molecule has 55 heavy (non-hydrogen) atoms. The molecular weight excluding hydrogens is 715 g/mol. The predicted octanol–water partition coefficient (Wildman–Crippen LogP) is 6.83. The first kappa shape index (κ1) is 34.7. The van der Waals surface area contributed by atoms with Crippen LogP contribution >= 0.6 is 0 Å². The van der Waals surface area contributed by atoms with Gasteiger partial charge >= 0.3 is 0 Å². The van der Waals surface area contributed by atoms with E-state index in [-0.39, 0.29) is 16.7 Å². The second-order valence-corrected chi connectivity index (χ2v) is 14.1. The van der Waals surface area contributed by atoms with Crippen LogP contribution in [-0.4, -0.2) is 40.4 Å². The number of nitrogens with two attached hydrogens (primary N) is 1. The molecule has 2 amide bonds. The Bertz CT molecular complexity index is 2770. The average Bonchev–Trinajstić information content (AvgIpc) is 3.90. The smallest absolute Gasteiger partial charge is 0.259 e. The van der Waals surface area contributed by atoms with E-state index in [1.165, 1.54) is 12.1 Å². The number of rotatable bonds is 7. The fourth-order valence-electron chi connectivity index (χ4n) is 6.08. The van der Waals surface area contributed by atoms with Gasteiger partial charge in [-0.1, -0.05) is 60.7 Å². The van der Waals surface area contributed by atoms with Gasteiger partial charge in [0.1, 0.15) is 11.6 Å². The Hall–Kier alpha value is -7.42. The van der Waals surface area contributed by atoms with Crippen molar-refractivity contribution in [1.29, 1.82) is 0 Å². The zero-order valence-corrected chi connectivity index (χ0v) is 29.6. The molecule has 0 spiro atoms. The highest BCUT2D eigenvalue weighted by molar-refractivity contribution is 7.89. The Morgan fingerprint density at radius 3 is 1.62 bits per heavy atom. The minimum absolute atomic E-state index is 0.0198. The minimum Gasteiger partial charge on any atom is -0.361 e. The van der Waals surface area contributed by atoms with E-state index >= 15 is 0 Å². The Morgan fingerprint density at radius 2 is 1.09 bits per heavy atom. The van der Waals surface area contributed by atoms with Crippen LogP contribution in [0.1, 0.15) is 11.1 Å². The molecule has 7 aromatic rings.